The van der Waals surface area contributed by atoms with Gasteiger partial charge in [0.2, 0.25) is 0 Å². The molecule has 2 fully saturated rings. The van der Waals surface area contributed by atoms with Gasteiger partial charge in [-0.15, -0.1) is 0 Å². The number of hydrogen-bond acceptors (Lipinski definition) is 3. The fraction of sp³-hybridized carbons (Fsp3) is 0.650. The van der Waals surface area contributed by atoms with Crippen molar-refractivity contribution in [2.24, 2.45) is 16.3 Å². The Hall–Kier alpha value is -1.82. The molecule has 0 aromatic heterocycles. The van der Waals surface area contributed by atoms with Gasteiger partial charge in [-0.3, -0.25) is 4.99 Å². The standard InChI is InChI=1S/C20H30FN3O2/c1-12(13-8-9-16(25-5)15(21)11-13)23-19(22-4)24-17-14-7-6-10-26-18(14)20(17,2)3/h8-9,11-12,14,17-18H,6-7,10H2,1-5H3,(H2,22,23,24). The largest absolute Gasteiger partial charge is 0.494 e. The summed E-state index contributed by atoms with van der Waals surface area (Å²) in [4.78, 5) is 4.37. The van der Waals surface area contributed by atoms with Gasteiger partial charge < -0.3 is 20.1 Å². The summed E-state index contributed by atoms with van der Waals surface area (Å²) in [6, 6.07) is 5.26. The minimum Gasteiger partial charge on any atom is -0.494 e. The van der Waals surface area contributed by atoms with E-state index in [9.17, 15) is 4.39 Å². The predicted octanol–water partition coefficient (Wildman–Crippen LogP) is 3.26. The maximum absolute atomic E-state index is 14.0. The maximum Gasteiger partial charge on any atom is 0.191 e. The van der Waals surface area contributed by atoms with Gasteiger partial charge in [0, 0.05) is 31.0 Å². The van der Waals surface area contributed by atoms with E-state index in [4.69, 9.17) is 9.47 Å². The molecule has 1 aliphatic heterocycles. The van der Waals surface area contributed by atoms with Gasteiger partial charge in [0.05, 0.1) is 19.3 Å². The third-order valence-electron chi connectivity index (χ3n) is 5.88. The van der Waals surface area contributed by atoms with Crippen LogP contribution in [0.15, 0.2) is 23.2 Å². The Balaban J connectivity index is 1.65. The van der Waals surface area contributed by atoms with E-state index in [0.717, 1.165) is 24.6 Å². The lowest BCUT2D eigenvalue weighted by Crippen LogP contribution is -2.71. The minimum atomic E-state index is -0.357. The highest BCUT2D eigenvalue weighted by molar-refractivity contribution is 5.80. The predicted molar refractivity (Wildman–Crippen MR) is 101 cm³/mol. The Bertz CT molecular complexity index is 677. The molecule has 1 aromatic carbocycles. The van der Waals surface area contributed by atoms with Crippen molar-refractivity contribution in [2.75, 3.05) is 20.8 Å². The summed E-state index contributed by atoms with van der Waals surface area (Å²) in [7, 11) is 3.23. The summed E-state index contributed by atoms with van der Waals surface area (Å²) in [6.07, 6.45) is 2.62. The second kappa shape index (κ2) is 7.43. The first-order chi connectivity index (χ1) is 12.4. The highest BCUT2D eigenvalue weighted by atomic mass is 19.1. The zero-order chi connectivity index (χ0) is 18.9. The number of guanidine groups is 1. The van der Waals surface area contributed by atoms with Crippen molar-refractivity contribution in [2.45, 2.75) is 51.8 Å². The molecule has 0 spiro atoms. The quantitative estimate of drug-likeness (QED) is 0.637. The molecular weight excluding hydrogens is 333 g/mol. The molecule has 1 saturated carbocycles. The van der Waals surface area contributed by atoms with Crippen molar-refractivity contribution < 1.29 is 13.9 Å². The highest BCUT2D eigenvalue weighted by Crippen LogP contribution is 2.51. The van der Waals surface area contributed by atoms with Gasteiger partial charge in [-0.2, -0.15) is 0 Å². The number of benzene rings is 1. The van der Waals surface area contributed by atoms with Crippen molar-refractivity contribution in [3.63, 3.8) is 0 Å². The van der Waals surface area contributed by atoms with E-state index in [-0.39, 0.29) is 23.0 Å². The number of nitrogens with one attached hydrogen (secondary N) is 2. The second-order valence-electron chi connectivity index (χ2n) is 7.87. The van der Waals surface area contributed by atoms with Gasteiger partial charge >= 0.3 is 0 Å². The van der Waals surface area contributed by atoms with Crippen molar-refractivity contribution in [1.29, 1.82) is 0 Å². The van der Waals surface area contributed by atoms with Crippen LogP contribution in [-0.2, 0) is 4.74 Å². The first kappa shape index (κ1) is 19.0. The van der Waals surface area contributed by atoms with E-state index in [1.165, 1.54) is 19.6 Å². The van der Waals surface area contributed by atoms with Crippen LogP contribution in [0.25, 0.3) is 0 Å². The molecule has 1 saturated heterocycles. The van der Waals surface area contributed by atoms with Crippen LogP contribution in [0.5, 0.6) is 5.75 Å². The molecule has 4 unspecified atom stereocenters. The summed E-state index contributed by atoms with van der Waals surface area (Å²) >= 11 is 0. The summed E-state index contributed by atoms with van der Waals surface area (Å²) < 4.78 is 24.9. The molecule has 1 heterocycles. The molecule has 1 aliphatic carbocycles. The number of halogens is 1. The van der Waals surface area contributed by atoms with Crippen LogP contribution < -0.4 is 15.4 Å². The molecule has 0 amide bonds. The van der Waals surface area contributed by atoms with Gasteiger partial charge in [-0.05, 0) is 37.5 Å². The second-order valence-corrected chi connectivity index (χ2v) is 7.87. The molecule has 5 nitrogen and oxygen atoms in total. The van der Waals surface area contributed by atoms with Crippen molar-refractivity contribution in [1.82, 2.24) is 10.6 Å². The van der Waals surface area contributed by atoms with Gasteiger partial charge in [-0.25, -0.2) is 4.39 Å². The van der Waals surface area contributed by atoms with Crippen molar-refractivity contribution in [3.05, 3.63) is 29.6 Å². The molecule has 6 heteroatoms. The van der Waals surface area contributed by atoms with Crippen LogP contribution in [0, 0.1) is 17.2 Å². The Labute approximate surface area is 155 Å². The molecular formula is C20H30FN3O2. The Kier molecular flexibility index (Phi) is 5.42. The van der Waals surface area contributed by atoms with Gasteiger partial charge in [0.25, 0.3) is 0 Å². The number of ether oxygens (including phenoxy) is 2. The Morgan fingerprint density at radius 2 is 2.19 bits per heavy atom. The van der Waals surface area contributed by atoms with Crippen LogP contribution in [0.2, 0.25) is 0 Å². The monoisotopic (exact) mass is 363 g/mol. The zero-order valence-corrected chi connectivity index (χ0v) is 16.3. The van der Waals surface area contributed by atoms with E-state index in [0.29, 0.717) is 18.1 Å². The van der Waals surface area contributed by atoms with Crippen molar-refractivity contribution >= 4 is 5.96 Å². The lowest BCUT2D eigenvalue weighted by molar-refractivity contribution is -0.188. The third-order valence-corrected chi connectivity index (χ3v) is 5.88. The first-order valence-electron chi connectivity index (χ1n) is 9.33. The maximum atomic E-state index is 14.0. The summed E-state index contributed by atoms with van der Waals surface area (Å²) in [5.41, 5.74) is 0.913. The lowest BCUT2D eigenvalue weighted by atomic mass is 9.55. The summed E-state index contributed by atoms with van der Waals surface area (Å²) in [5, 5.41) is 6.94. The lowest BCUT2D eigenvalue weighted by Gasteiger charge is -2.60. The molecule has 26 heavy (non-hydrogen) atoms. The van der Waals surface area contributed by atoms with Crippen LogP contribution in [0.4, 0.5) is 4.39 Å². The SMILES string of the molecule is CN=C(NC(C)c1ccc(OC)c(F)c1)NC1C2CCCOC2C1(C)C. The van der Waals surface area contributed by atoms with Gasteiger partial charge in [-0.1, -0.05) is 19.9 Å². The zero-order valence-electron chi connectivity index (χ0n) is 16.3. The molecule has 1 aromatic rings. The van der Waals surface area contributed by atoms with Crippen molar-refractivity contribution in [3.8, 4) is 5.75 Å². The van der Waals surface area contributed by atoms with E-state index >= 15 is 0 Å². The topological polar surface area (TPSA) is 54.9 Å². The molecule has 144 valence electrons. The fourth-order valence-corrected chi connectivity index (χ4v) is 4.37. The fourth-order valence-electron chi connectivity index (χ4n) is 4.37. The third kappa shape index (κ3) is 3.39. The molecule has 2 aliphatic rings. The number of hydrogen-bond donors (Lipinski definition) is 2. The van der Waals surface area contributed by atoms with E-state index in [1.54, 1.807) is 13.1 Å². The summed E-state index contributed by atoms with van der Waals surface area (Å²) in [5.74, 6) is 1.15. The van der Waals surface area contributed by atoms with E-state index < -0.39 is 0 Å². The number of fused-ring (bicyclic) bond motifs is 1. The van der Waals surface area contributed by atoms with Crippen LogP contribution in [-0.4, -0.2) is 38.9 Å². The Morgan fingerprint density at radius 1 is 1.42 bits per heavy atom. The van der Waals surface area contributed by atoms with E-state index in [2.05, 4.69) is 29.5 Å². The normalized spacial score (nSPS) is 28.5. The number of methoxy groups -OCH3 is 1. The first-order valence-corrected chi connectivity index (χ1v) is 9.33. The smallest absolute Gasteiger partial charge is 0.191 e. The van der Waals surface area contributed by atoms with E-state index in [1.807, 2.05) is 13.0 Å². The Morgan fingerprint density at radius 3 is 2.85 bits per heavy atom. The van der Waals surface area contributed by atoms with Crippen LogP contribution in [0.3, 0.4) is 0 Å². The number of rotatable bonds is 4. The molecule has 4 atom stereocenters. The molecule has 3 rings (SSSR count). The van der Waals surface area contributed by atoms with Gasteiger partial charge in [0.15, 0.2) is 17.5 Å². The number of aliphatic imine (C=N–C) groups is 1. The average Bonchev–Trinajstić information content (AvgIpc) is 2.64. The molecule has 0 radical (unpaired) electrons. The summed E-state index contributed by atoms with van der Waals surface area (Å²) in [6.45, 7) is 7.34. The van der Waals surface area contributed by atoms with Crippen LogP contribution in [0.1, 0.15) is 45.2 Å². The molecule has 2 N–H and O–H groups in total. The minimum absolute atomic E-state index is 0.0676. The molecule has 0 bridgehead atoms. The number of nitrogens with zero attached hydrogens (tertiary/aromatic N) is 1. The average molecular weight is 363 g/mol. The van der Waals surface area contributed by atoms with Gasteiger partial charge in [0.1, 0.15) is 0 Å². The van der Waals surface area contributed by atoms with Crippen LogP contribution >= 0.6 is 0 Å². The highest BCUT2D eigenvalue weighted by Gasteiger charge is 2.58.